The van der Waals surface area contributed by atoms with Gasteiger partial charge < -0.3 is 15.0 Å². The molecule has 6 heteroatoms. The molecule has 0 aromatic heterocycles. The van der Waals surface area contributed by atoms with E-state index in [4.69, 9.17) is 4.74 Å². The summed E-state index contributed by atoms with van der Waals surface area (Å²) in [6.45, 7) is 2.43. The highest BCUT2D eigenvalue weighted by Crippen LogP contribution is 2.33. The van der Waals surface area contributed by atoms with Crippen LogP contribution in [0.2, 0.25) is 0 Å². The molecule has 156 valence electrons. The second-order valence-corrected chi connectivity index (χ2v) is 7.97. The van der Waals surface area contributed by atoms with E-state index >= 15 is 0 Å². The Kier molecular flexibility index (Phi) is 6.12. The lowest BCUT2D eigenvalue weighted by atomic mass is 9.89. The predicted octanol–water partition coefficient (Wildman–Crippen LogP) is 4.00. The van der Waals surface area contributed by atoms with E-state index in [0.29, 0.717) is 6.42 Å². The number of ether oxygens (including phenoxy) is 1. The van der Waals surface area contributed by atoms with Crippen molar-refractivity contribution < 1.29 is 14.3 Å². The van der Waals surface area contributed by atoms with Crippen LogP contribution in [0.15, 0.2) is 53.5 Å². The number of nitrogens with one attached hydrogen (secondary N) is 1. The first-order valence-corrected chi connectivity index (χ1v) is 10.5. The van der Waals surface area contributed by atoms with Gasteiger partial charge >= 0.3 is 6.09 Å². The first kappa shape index (κ1) is 20.1. The number of fused-ring (bicyclic) bond motifs is 1. The van der Waals surface area contributed by atoms with Gasteiger partial charge in [0.25, 0.3) is 0 Å². The molecule has 30 heavy (non-hydrogen) atoms. The van der Waals surface area contributed by atoms with Crippen LogP contribution >= 0.6 is 0 Å². The Labute approximate surface area is 176 Å². The molecule has 1 fully saturated rings. The third kappa shape index (κ3) is 4.53. The Morgan fingerprint density at radius 2 is 2.00 bits per heavy atom. The number of hydrogen-bond acceptors (Lipinski definition) is 4. The number of aryl methyl sites for hydroxylation is 1. The summed E-state index contributed by atoms with van der Waals surface area (Å²) in [4.78, 5) is 31.4. The molecule has 1 aliphatic carbocycles. The number of aliphatic imine (C=N–C) groups is 1. The lowest BCUT2D eigenvalue weighted by Gasteiger charge is -2.38. The maximum absolute atomic E-state index is 12.9. The summed E-state index contributed by atoms with van der Waals surface area (Å²) >= 11 is 0. The molecular formula is C24H27N3O3. The maximum atomic E-state index is 12.9. The van der Waals surface area contributed by atoms with Gasteiger partial charge in [-0.15, -0.1) is 0 Å². The van der Waals surface area contributed by atoms with Gasteiger partial charge in [-0.3, -0.25) is 9.79 Å². The van der Waals surface area contributed by atoms with Gasteiger partial charge in [0.05, 0.1) is 5.69 Å². The van der Waals surface area contributed by atoms with Gasteiger partial charge in [-0.1, -0.05) is 48.5 Å². The molecule has 6 nitrogen and oxygen atoms in total. The summed E-state index contributed by atoms with van der Waals surface area (Å²) in [5, 5.41) is 3.00. The van der Waals surface area contributed by atoms with Gasteiger partial charge in [0, 0.05) is 23.9 Å². The fourth-order valence-corrected chi connectivity index (χ4v) is 4.39. The summed E-state index contributed by atoms with van der Waals surface area (Å²) in [6.07, 6.45) is 4.83. The van der Waals surface area contributed by atoms with Crippen LogP contribution in [0.3, 0.4) is 0 Å². The van der Waals surface area contributed by atoms with Crippen molar-refractivity contribution in [1.82, 2.24) is 5.32 Å². The van der Waals surface area contributed by atoms with E-state index in [-0.39, 0.29) is 31.1 Å². The molecule has 1 N–H and O–H groups in total. The van der Waals surface area contributed by atoms with Gasteiger partial charge in [-0.2, -0.15) is 0 Å². The van der Waals surface area contributed by atoms with Gasteiger partial charge in [-0.25, -0.2) is 4.79 Å². The Morgan fingerprint density at radius 3 is 2.83 bits per heavy atom. The molecule has 0 radical (unpaired) electrons. The van der Waals surface area contributed by atoms with Crippen molar-refractivity contribution in [2.45, 2.75) is 51.3 Å². The quantitative estimate of drug-likeness (QED) is 0.836. The molecule has 0 bridgehead atoms. The molecule has 1 heterocycles. The lowest BCUT2D eigenvalue weighted by Crippen LogP contribution is -2.49. The number of benzene rings is 2. The summed E-state index contributed by atoms with van der Waals surface area (Å²) < 4.78 is 5.38. The smallest absolute Gasteiger partial charge is 0.407 e. The van der Waals surface area contributed by atoms with Crippen LogP contribution in [0.5, 0.6) is 0 Å². The molecule has 2 aliphatic rings. The minimum absolute atomic E-state index is 0.0107. The standard InChI is InChI=1S/C24H27N3O3/c1-17-7-5-10-19-14-25-15-22(28)27(23(17)19)21-12-6-11-20(13-21)26-24(29)30-16-18-8-3-2-4-9-18/h2-5,7-10,14,20-21H,6,11-13,15-16H2,1H3,(H,26,29). The van der Waals surface area contributed by atoms with Crippen LogP contribution in [-0.2, 0) is 16.1 Å². The van der Waals surface area contributed by atoms with Crippen molar-refractivity contribution >= 4 is 23.9 Å². The Bertz CT molecular complexity index is 942. The van der Waals surface area contributed by atoms with E-state index in [1.165, 1.54) is 0 Å². The predicted molar refractivity (Wildman–Crippen MR) is 117 cm³/mol. The van der Waals surface area contributed by atoms with Crippen LogP contribution < -0.4 is 10.2 Å². The van der Waals surface area contributed by atoms with Gasteiger partial charge in [0.15, 0.2) is 0 Å². The fourth-order valence-electron chi connectivity index (χ4n) is 4.39. The molecule has 2 unspecified atom stereocenters. The van der Waals surface area contributed by atoms with E-state index in [1.54, 1.807) is 6.21 Å². The number of alkyl carbamates (subject to hydrolysis) is 1. The van der Waals surface area contributed by atoms with Crippen LogP contribution in [0.25, 0.3) is 0 Å². The highest BCUT2D eigenvalue weighted by molar-refractivity contribution is 6.04. The third-order valence-electron chi connectivity index (χ3n) is 5.78. The molecule has 1 saturated carbocycles. The van der Waals surface area contributed by atoms with Crippen molar-refractivity contribution in [1.29, 1.82) is 0 Å². The second kappa shape index (κ2) is 9.11. The monoisotopic (exact) mass is 405 g/mol. The molecule has 2 amide bonds. The zero-order valence-electron chi connectivity index (χ0n) is 17.2. The highest BCUT2D eigenvalue weighted by Gasteiger charge is 2.33. The number of amides is 2. The molecule has 2 aromatic carbocycles. The van der Waals surface area contributed by atoms with Crippen LogP contribution in [0.1, 0.15) is 42.4 Å². The zero-order chi connectivity index (χ0) is 20.9. The van der Waals surface area contributed by atoms with E-state index < -0.39 is 6.09 Å². The van der Waals surface area contributed by atoms with Crippen molar-refractivity contribution in [2.24, 2.45) is 4.99 Å². The first-order chi connectivity index (χ1) is 14.6. The van der Waals surface area contributed by atoms with E-state index in [9.17, 15) is 9.59 Å². The van der Waals surface area contributed by atoms with E-state index in [0.717, 1.165) is 41.6 Å². The number of carbonyl (C=O) groups is 2. The largest absolute Gasteiger partial charge is 0.445 e. The van der Waals surface area contributed by atoms with Crippen molar-refractivity contribution in [2.75, 3.05) is 11.4 Å². The van der Waals surface area contributed by atoms with Gasteiger partial charge in [0.1, 0.15) is 13.2 Å². The van der Waals surface area contributed by atoms with E-state index in [2.05, 4.69) is 10.3 Å². The van der Waals surface area contributed by atoms with Crippen LogP contribution in [-0.4, -0.2) is 36.8 Å². The average Bonchev–Trinajstić information content (AvgIpc) is 2.92. The van der Waals surface area contributed by atoms with Crippen molar-refractivity contribution in [3.63, 3.8) is 0 Å². The Morgan fingerprint density at radius 1 is 1.17 bits per heavy atom. The first-order valence-electron chi connectivity index (χ1n) is 10.5. The fraction of sp³-hybridized carbons (Fsp3) is 0.375. The van der Waals surface area contributed by atoms with Crippen LogP contribution in [0.4, 0.5) is 10.5 Å². The zero-order valence-corrected chi connectivity index (χ0v) is 17.2. The van der Waals surface area contributed by atoms with Crippen molar-refractivity contribution in [3.8, 4) is 0 Å². The van der Waals surface area contributed by atoms with E-state index in [1.807, 2.05) is 60.4 Å². The third-order valence-corrected chi connectivity index (χ3v) is 5.78. The minimum atomic E-state index is -0.411. The van der Waals surface area contributed by atoms with Crippen LogP contribution in [0, 0.1) is 6.92 Å². The average molecular weight is 405 g/mol. The topological polar surface area (TPSA) is 71.0 Å². The molecule has 0 saturated heterocycles. The van der Waals surface area contributed by atoms with Gasteiger partial charge in [-0.05, 0) is 43.7 Å². The lowest BCUT2D eigenvalue weighted by molar-refractivity contribution is -0.117. The summed E-state index contributed by atoms with van der Waals surface area (Å²) in [6, 6.07) is 15.7. The number of rotatable bonds is 4. The number of anilines is 1. The number of benzodiazepines with no additional fused rings is 1. The number of hydrogen-bond donors (Lipinski definition) is 1. The molecule has 4 rings (SSSR count). The number of para-hydroxylation sites is 1. The summed E-state index contributed by atoms with van der Waals surface area (Å²) in [5.41, 5.74) is 3.93. The Balaban J connectivity index is 1.43. The molecule has 2 aromatic rings. The summed E-state index contributed by atoms with van der Waals surface area (Å²) in [7, 11) is 0. The Hall–Kier alpha value is -3.15. The number of nitrogens with zero attached hydrogens (tertiary/aromatic N) is 2. The molecule has 1 aliphatic heterocycles. The SMILES string of the molecule is Cc1cccc2c1N(C1CCCC(NC(=O)OCc3ccccc3)C1)C(=O)CN=C2. The van der Waals surface area contributed by atoms with Crippen molar-refractivity contribution in [3.05, 3.63) is 65.2 Å². The molecule has 2 atom stereocenters. The number of carbonyl (C=O) groups excluding carboxylic acids is 2. The molecule has 0 spiro atoms. The molecular weight excluding hydrogens is 378 g/mol. The summed E-state index contributed by atoms with van der Waals surface area (Å²) in [5.74, 6) is 0.0107. The normalized spacial score (nSPS) is 21.0. The highest BCUT2D eigenvalue weighted by atomic mass is 16.5. The minimum Gasteiger partial charge on any atom is -0.445 e. The van der Waals surface area contributed by atoms with Gasteiger partial charge in [0.2, 0.25) is 5.91 Å². The maximum Gasteiger partial charge on any atom is 0.407 e. The second-order valence-electron chi connectivity index (χ2n) is 7.97.